The van der Waals surface area contributed by atoms with Crippen molar-refractivity contribution in [1.82, 2.24) is 14.7 Å². The van der Waals surface area contributed by atoms with E-state index in [9.17, 15) is 14.0 Å². The minimum atomic E-state index is -0.322. The molecule has 5 nitrogen and oxygen atoms in total. The van der Waals surface area contributed by atoms with Crippen LogP contribution in [0.4, 0.5) is 4.39 Å². The summed E-state index contributed by atoms with van der Waals surface area (Å²) in [5.41, 5.74) is 1.25. The fraction of sp³-hybridized carbons (Fsp3) is 0.188. The molecule has 2 heterocycles. The second-order valence-electron chi connectivity index (χ2n) is 5.04. The first-order valence-corrected chi connectivity index (χ1v) is 9.20. The lowest BCUT2D eigenvalue weighted by Gasteiger charge is -2.05. The highest BCUT2D eigenvalue weighted by Crippen LogP contribution is 2.12. The Kier molecular flexibility index (Phi) is 5.27. The Labute approximate surface area is 145 Å². The van der Waals surface area contributed by atoms with Crippen LogP contribution in [-0.2, 0) is 17.1 Å². The average molecular weight is 363 g/mol. The molecule has 0 bridgehead atoms. The van der Waals surface area contributed by atoms with Crippen LogP contribution in [0.25, 0.3) is 4.96 Å². The topological polar surface area (TPSA) is 63.5 Å². The molecule has 0 atom stereocenters. The van der Waals surface area contributed by atoms with Gasteiger partial charge in [-0.2, -0.15) is 0 Å². The van der Waals surface area contributed by atoms with Crippen molar-refractivity contribution in [2.75, 3.05) is 5.75 Å². The van der Waals surface area contributed by atoms with E-state index < -0.39 is 0 Å². The van der Waals surface area contributed by atoms with Gasteiger partial charge < -0.3 is 5.32 Å². The van der Waals surface area contributed by atoms with Gasteiger partial charge in [-0.15, -0.1) is 23.1 Å². The summed E-state index contributed by atoms with van der Waals surface area (Å²) >= 11 is 2.78. The fourth-order valence-electron chi connectivity index (χ4n) is 2.11. The molecule has 0 unspecified atom stereocenters. The normalized spacial score (nSPS) is 10.9. The van der Waals surface area contributed by atoms with E-state index in [1.165, 1.54) is 45.7 Å². The van der Waals surface area contributed by atoms with Crippen molar-refractivity contribution in [3.63, 3.8) is 0 Å². The maximum absolute atomic E-state index is 13.1. The smallest absolute Gasteiger partial charge is 0.258 e. The van der Waals surface area contributed by atoms with Crippen molar-refractivity contribution >= 4 is 34.0 Å². The summed E-state index contributed by atoms with van der Waals surface area (Å²) < 4.78 is 14.5. The van der Waals surface area contributed by atoms with Crippen molar-refractivity contribution in [3.05, 3.63) is 69.3 Å². The number of thiazole rings is 1. The van der Waals surface area contributed by atoms with Gasteiger partial charge in [-0.1, -0.05) is 12.1 Å². The zero-order chi connectivity index (χ0) is 16.9. The van der Waals surface area contributed by atoms with Crippen molar-refractivity contribution in [1.29, 1.82) is 0 Å². The van der Waals surface area contributed by atoms with Crippen LogP contribution in [-0.4, -0.2) is 21.0 Å². The molecule has 8 heteroatoms. The molecule has 124 valence electrons. The molecular formula is C16H14FN3O2S2. The van der Waals surface area contributed by atoms with Crippen LogP contribution in [0.1, 0.15) is 11.3 Å². The lowest BCUT2D eigenvalue weighted by atomic mass is 10.2. The van der Waals surface area contributed by atoms with Crippen LogP contribution in [0.3, 0.4) is 0 Å². The molecule has 0 saturated carbocycles. The molecule has 3 rings (SSSR count). The quantitative estimate of drug-likeness (QED) is 0.731. The summed E-state index contributed by atoms with van der Waals surface area (Å²) in [7, 11) is 0. The number of thioether (sulfide) groups is 1. The molecule has 1 N–H and O–H groups in total. The Bertz CT molecular complexity index is 923. The third-order valence-electron chi connectivity index (χ3n) is 3.22. The van der Waals surface area contributed by atoms with E-state index in [2.05, 4.69) is 10.3 Å². The van der Waals surface area contributed by atoms with Gasteiger partial charge in [0.1, 0.15) is 5.82 Å². The molecular weight excluding hydrogens is 349 g/mol. The van der Waals surface area contributed by atoms with E-state index in [-0.39, 0.29) is 29.6 Å². The number of halogens is 1. The van der Waals surface area contributed by atoms with Crippen LogP contribution >= 0.6 is 23.1 Å². The van der Waals surface area contributed by atoms with Crippen molar-refractivity contribution in [3.8, 4) is 0 Å². The molecule has 1 amide bonds. The Morgan fingerprint density at radius 3 is 3.08 bits per heavy atom. The lowest BCUT2D eigenvalue weighted by molar-refractivity contribution is -0.118. The number of benzene rings is 1. The van der Waals surface area contributed by atoms with Gasteiger partial charge >= 0.3 is 0 Å². The number of hydrogen-bond donors (Lipinski definition) is 1. The first-order chi connectivity index (χ1) is 11.6. The predicted octanol–water partition coefficient (Wildman–Crippen LogP) is 2.44. The molecule has 24 heavy (non-hydrogen) atoms. The van der Waals surface area contributed by atoms with Gasteiger partial charge in [0.25, 0.3) is 5.56 Å². The van der Waals surface area contributed by atoms with Crippen LogP contribution in [0, 0.1) is 5.82 Å². The minimum absolute atomic E-state index is 0.118. The highest BCUT2D eigenvalue weighted by Gasteiger charge is 2.06. The summed E-state index contributed by atoms with van der Waals surface area (Å²) in [4.78, 5) is 28.7. The summed E-state index contributed by atoms with van der Waals surface area (Å²) in [6.45, 7) is 0.290. The third-order valence-corrected chi connectivity index (χ3v) is 4.94. The molecule has 0 saturated heterocycles. The lowest BCUT2D eigenvalue weighted by Crippen LogP contribution is -2.24. The van der Waals surface area contributed by atoms with Gasteiger partial charge in [-0.05, 0) is 17.7 Å². The standard InChI is InChI=1S/C16H14FN3O2S2/c17-12-3-1-2-11(6-12)8-18-14(21)10-23-9-13-7-15(22)20-4-5-24-16(20)19-13/h1-7H,8-10H2,(H,18,21). The summed E-state index contributed by atoms with van der Waals surface area (Å²) in [5, 5.41) is 4.54. The molecule has 0 aliphatic rings. The van der Waals surface area contributed by atoms with Crippen molar-refractivity contribution in [2.45, 2.75) is 12.3 Å². The number of nitrogens with zero attached hydrogens (tertiary/aromatic N) is 2. The van der Waals surface area contributed by atoms with Gasteiger partial charge in [0, 0.05) is 29.9 Å². The van der Waals surface area contributed by atoms with Crippen LogP contribution in [0.2, 0.25) is 0 Å². The Morgan fingerprint density at radius 1 is 1.38 bits per heavy atom. The number of amides is 1. The van der Waals surface area contributed by atoms with Crippen LogP contribution in [0.15, 0.2) is 46.7 Å². The van der Waals surface area contributed by atoms with E-state index in [1.807, 2.05) is 0 Å². The molecule has 0 fully saturated rings. The predicted molar refractivity (Wildman–Crippen MR) is 93.7 cm³/mol. The van der Waals surface area contributed by atoms with Gasteiger partial charge in [0.2, 0.25) is 5.91 Å². The molecule has 2 aromatic heterocycles. The largest absolute Gasteiger partial charge is 0.351 e. The first-order valence-electron chi connectivity index (χ1n) is 7.16. The molecule has 0 spiro atoms. The third kappa shape index (κ3) is 4.21. The maximum Gasteiger partial charge on any atom is 0.258 e. The number of nitrogens with one attached hydrogen (secondary N) is 1. The highest BCUT2D eigenvalue weighted by atomic mass is 32.2. The molecule has 0 radical (unpaired) electrons. The number of rotatable bonds is 6. The van der Waals surface area contributed by atoms with E-state index in [0.717, 1.165) is 0 Å². The maximum atomic E-state index is 13.1. The van der Waals surface area contributed by atoms with Gasteiger partial charge in [0.05, 0.1) is 11.4 Å². The number of carbonyl (C=O) groups excluding carboxylic acids is 1. The van der Waals surface area contributed by atoms with Crippen molar-refractivity contribution < 1.29 is 9.18 Å². The van der Waals surface area contributed by atoms with Crippen LogP contribution in [0.5, 0.6) is 0 Å². The molecule has 3 aromatic rings. The number of carbonyl (C=O) groups is 1. The highest BCUT2D eigenvalue weighted by molar-refractivity contribution is 7.99. The molecule has 0 aliphatic heterocycles. The van der Waals surface area contributed by atoms with E-state index >= 15 is 0 Å². The summed E-state index contributed by atoms with van der Waals surface area (Å²) in [6.07, 6.45) is 1.69. The fourth-order valence-corrected chi connectivity index (χ4v) is 3.59. The Hall–Kier alpha value is -2.19. The van der Waals surface area contributed by atoms with E-state index in [0.29, 0.717) is 22.0 Å². The SMILES string of the molecule is O=C(CSCc1cc(=O)n2ccsc2n1)NCc1cccc(F)c1. The first kappa shape index (κ1) is 16.7. The number of hydrogen-bond acceptors (Lipinski definition) is 5. The summed E-state index contributed by atoms with van der Waals surface area (Å²) in [6, 6.07) is 7.60. The summed E-state index contributed by atoms with van der Waals surface area (Å²) in [5.74, 6) is 0.272. The van der Waals surface area contributed by atoms with Gasteiger partial charge in [-0.3, -0.25) is 14.0 Å². The van der Waals surface area contributed by atoms with E-state index in [4.69, 9.17) is 0 Å². The molecule has 1 aromatic carbocycles. The zero-order valence-electron chi connectivity index (χ0n) is 12.6. The van der Waals surface area contributed by atoms with Gasteiger partial charge in [0.15, 0.2) is 4.96 Å². The number of aromatic nitrogens is 2. The average Bonchev–Trinajstić information content (AvgIpc) is 3.02. The molecule has 0 aliphatic carbocycles. The van der Waals surface area contributed by atoms with E-state index in [1.54, 1.807) is 23.7 Å². The van der Waals surface area contributed by atoms with Gasteiger partial charge in [-0.25, -0.2) is 9.37 Å². The monoisotopic (exact) mass is 363 g/mol. The Balaban J connectivity index is 1.48. The minimum Gasteiger partial charge on any atom is -0.351 e. The zero-order valence-corrected chi connectivity index (χ0v) is 14.2. The number of fused-ring (bicyclic) bond motifs is 1. The Morgan fingerprint density at radius 2 is 2.25 bits per heavy atom. The van der Waals surface area contributed by atoms with Crippen LogP contribution < -0.4 is 10.9 Å². The van der Waals surface area contributed by atoms with Crippen molar-refractivity contribution in [2.24, 2.45) is 0 Å². The second kappa shape index (κ2) is 7.59. The second-order valence-corrected chi connectivity index (χ2v) is 6.90.